The fourth-order valence-electron chi connectivity index (χ4n) is 2.71. The number of benzene rings is 1. The maximum Gasteiger partial charge on any atom is 0.339 e. The van der Waals surface area contributed by atoms with Crippen LogP contribution in [-0.2, 0) is 25.4 Å². The lowest BCUT2D eigenvalue weighted by molar-refractivity contribution is -0.137. The van der Waals surface area contributed by atoms with Gasteiger partial charge >= 0.3 is 17.9 Å². The number of carboxylic acids is 1. The first-order chi connectivity index (χ1) is 12.9. The van der Waals surface area contributed by atoms with Gasteiger partial charge < -0.3 is 19.3 Å². The second kappa shape index (κ2) is 9.87. The van der Waals surface area contributed by atoms with Crippen LogP contribution in [0.15, 0.2) is 24.8 Å². The highest BCUT2D eigenvalue weighted by Crippen LogP contribution is 2.23. The topological polar surface area (TPSA) is 102 Å². The molecule has 0 amide bonds. The van der Waals surface area contributed by atoms with E-state index in [-0.39, 0.29) is 23.8 Å². The highest BCUT2D eigenvalue weighted by atomic mass is 16.6. The van der Waals surface area contributed by atoms with Gasteiger partial charge in [0.15, 0.2) is 0 Å². The standard InChI is InChI=1S/C20H24O7/c1-3-17(21)25-10-6-4-5-7-15-13(2)8-9-16(18(15)19(22)23)20(24)27-12-14-11-26-14/h3,8-9,14H,1,4-7,10-12H2,2H3,(H,22,23). The molecule has 1 aliphatic rings. The minimum atomic E-state index is -1.15. The smallest absolute Gasteiger partial charge is 0.339 e. The molecule has 7 nitrogen and oxygen atoms in total. The number of carbonyl (C=O) groups is 3. The Morgan fingerprint density at radius 1 is 1.26 bits per heavy atom. The molecule has 0 spiro atoms. The van der Waals surface area contributed by atoms with E-state index >= 15 is 0 Å². The zero-order valence-corrected chi connectivity index (χ0v) is 15.4. The molecule has 1 aromatic carbocycles. The average molecular weight is 376 g/mol. The highest BCUT2D eigenvalue weighted by Gasteiger charge is 2.27. The monoisotopic (exact) mass is 376 g/mol. The van der Waals surface area contributed by atoms with Gasteiger partial charge in [0.25, 0.3) is 0 Å². The van der Waals surface area contributed by atoms with Crippen molar-refractivity contribution < 1.29 is 33.7 Å². The molecule has 1 heterocycles. The van der Waals surface area contributed by atoms with Gasteiger partial charge in [-0.2, -0.15) is 0 Å². The fourth-order valence-corrected chi connectivity index (χ4v) is 2.71. The normalized spacial score (nSPS) is 15.1. The molecule has 1 aliphatic heterocycles. The number of aryl methyl sites for hydroxylation is 1. The average Bonchev–Trinajstić information content (AvgIpc) is 3.47. The van der Waals surface area contributed by atoms with Gasteiger partial charge in [-0.1, -0.05) is 12.6 Å². The van der Waals surface area contributed by atoms with Crippen LogP contribution in [0.4, 0.5) is 0 Å². The zero-order chi connectivity index (χ0) is 19.8. The molecule has 27 heavy (non-hydrogen) atoms. The molecule has 1 aromatic rings. The van der Waals surface area contributed by atoms with Crippen LogP contribution in [0.25, 0.3) is 0 Å². The number of esters is 2. The van der Waals surface area contributed by atoms with E-state index in [1.165, 1.54) is 6.07 Å². The van der Waals surface area contributed by atoms with Gasteiger partial charge in [-0.25, -0.2) is 14.4 Å². The maximum atomic E-state index is 12.3. The molecule has 0 aromatic heterocycles. The Bertz CT molecular complexity index is 719. The Balaban J connectivity index is 1.99. The summed E-state index contributed by atoms with van der Waals surface area (Å²) in [5.74, 6) is -2.26. The molecule has 1 N–H and O–H groups in total. The summed E-state index contributed by atoms with van der Waals surface area (Å²) in [5.41, 5.74) is 1.49. The highest BCUT2D eigenvalue weighted by molar-refractivity contribution is 6.03. The third-order valence-corrected chi connectivity index (χ3v) is 4.27. The van der Waals surface area contributed by atoms with Crippen molar-refractivity contribution in [3.05, 3.63) is 47.0 Å². The van der Waals surface area contributed by atoms with E-state index in [1.807, 2.05) is 6.92 Å². The Kier molecular flexibility index (Phi) is 7.55. The first-order valence-corrected chi connectivity index (χ1v) is 8.87. The third-order valence-electron chi connectivity index (χ3n) is 4.27. The van der Waals surface area contributed by atoms with Crippen LogP contribution in [0.5, 0.6) is 0 Å². The lowest BCUT2D eigenvalue weighted by Crippen LogP contribution is -2.17. The molecular weight excluding hydrogens is 352 g/mol. The summed E-state index contributed by atoms with van der Waals surface area (Å²) in [7, 11) is 0. The third kappa shape index (κ3) is 6.21. The molecule has 0 radical (unpaired) electrons. The number of carbonyl (C=O) groups excluding carboxylic acids is 2. The van der Waals surface area contributed by atoms with Crippen LogP contribution >= 0.6 is 0 Å². The predicted octanol–water partition coefficient (Wildman–Crippen LogP) is 2.69. The predicted molar refractivity (Wildman–Crippen MR) is 96.9 cm³/mol. The molecule has 1 fully saturated rings. The SMILES string of the molecule is C=CC(=O)OCCCCCc1c(C)ccc(C(=O)OCC2CO2)c1C(=O)O. The Morgan fingerprint density at radius 3 is 2.63 bits per heavy atom. The van der Waals surface area contributed by atoms with Gasteiger partial charge in [0.2, 0.25) is 0 Å². The number of aromatic carboxylic acids is 1. The van der Waals surface area contributed by atoms with Gasteiger partial charge in [0, 0.05) is 6.08 Å². The van der Waals surface area contributed by atoms with Crippen molar-refractivity contribution in [2.24, 2.45) is 0 Å². The molecule has 1 saturated heterocycles. The number of epoxide rings is 1. The van der Waals surface area contributed by atoms with Crippen LogP contribution in [0, 0.1) is 6.92 Å². The first kappa shape index (κ1) is 20.6. The minimum absolute atomic E-state index is 0.00481. The molecule has 0 bridgehead atoms. The van der Waals surface area contributed by atoms with E-state index < -0.39 is 17.9 Å². The number of hydrogen-bond acceptors (Lipinski definition) is 6. The molecule has 0 saturated carbocycles. The molecular formula is C20H24O7. The number of rotatable bonds is 11. The summed E-state index contributed by atoms with van der Waals surface area (Å²) in [6, 6.07) is 3.23. The van der Waals surface area contributed by atoms with E-state index in [2.05, 4.69) is 6.58 Å². The van der Waals surface area contributed by atoms with Crippen LogP contribution < -0.4 is 0 Å². The molecule has 2 rings (SSSR count). The summed E-state index contributed by atoms with van der Waals surface area (Å²) in [4.78, 5) is 35.0. The van der Waals surface area contributed by atoms with Crippen LogP contribution in [-0.4, -0.2) is 48.9 Å². The molecule has 1 unspecified atom stereocenters. The molecule has 1 atom stereocenters. The van der Waals surface area contributed by atoms with Crippen molar-refractivity contribution in [1.29, 1.82) is 0 Å². The first-order valence-electron chi connectivity index (χ1n) is 8.87. The fraction of sp³-hybridized carbons (Fsp3) is 0.450. The Hall–Kier alpha value is -2.67. The van der Waals surface area contributed by atoms with Crippen LogP contribution in [0.2, 0.25) is 0 Å². The molecule has 0 aliphatic carbocycles. The van der Waals surface area contributed by atoms with E-state index in [4.69, 9.17) is 14.2 Å². The van der Waals surface area contributed by atoms with Gasteiger partial charge in [-0.15, -0.1) is 0 Å². The maximum absolute atomic E-state index is 12.3. The van der Waals surface area contributed by atoms with Crippen molar-refractivity contribution in [2.45, 2.75) is 38.7 Å². The summed E-state index contributed by atoms with van der Waals surface area (Å²) >= 11 is 0. The second-order valence-corrected chi connectivity index (χ2v) is 6.32. The number of ether oxygens (including phenoxy) is 3. The number of carboxylic acid groups (broad SMARTS) is 1. The Morgan fingerprint density at radius 2 is 2.00 bits per heavy atom. The van der Waals surface area contributed by atoms with Crippen molar-refractivity contribution in [2.75, 3.05) is 19.8 Å². The lowest BCUT2D eigenvalue weighted by atomic mass is 9.92. The Labute approximate surface area is 157 Å². The summed E-state index contributed by atoms with van der Waals surface area (Å²) < 4.78 is 15.0. The summed E-state index contributed by atoms with van der Waals surface area (Å²) in [6.45, 7) is 6.13. The van der Waals surface area contributed by atoms with Gasteiger partial charge in [0.1, 0.15) is 12.7 Å². The van der Waals surface area contributed by atoms with E-state index in [1.54, 1.807) is 6.07 Å². The van der Waals surface area contributed by atoms with Crippen LogP contribution in [0.3, 0.4) is 0 Å². The summed E-state index contributed by atoms with van der Waals surface area (Å²) in [5, 5.41) is 9.64. The van der Waals surface area contributed by atoms with E-state index in [0.717, 1.165) is 18.1 Å². The zero-order valence-electron chi connectivity index (χ0n) is 15.4. The molecule has 7 heteroatoms. The van der Waals surface area contributed by atoms with Gasteiger partial charge in [-0.05, 0) is 49.8 Å². The minimum Gasteiger partial charge on any atom is -0.478 e. The van der Waals surface area contributed by atoms with Crippen molar-refractivity contribution in [3.63, 3.8) is 0 Å². The van der Waals surface area contributed by atoms with Crippen molar-refractivity contribution >= 4 is 17.9 Å². The van der Waals surface area contributed by atoms with Crippen molar-refractivity contribution in [1.82, 2.24) is 0 Å². The van der Waals surface area contributed by atoms with Gasteiger partial charge in [0.05, 0.1) is 24.3 Å². The quantitative estimate of drug-likeness (QED) is 0.274. The van der Waals surface area contributed by atoms with Crippen LogP contribution in [0.1, 0.15) is 51.1 Å². The lowest BCUT2D eigenvalue weighted by Gasteiger charge is -2.14. The molecule has 146 valence electrons. The largest absolute Gasteiger partial charge is 0.478 e. The van der Waals surface area contributed by atoms with Gasteiger partial charge in [-0.3, -0.25) is 0 Å². The second-order valence-electron chi connectivity index (χ2n) is 6.32. The van der Waals surface area contributed by atoms with E-state index in [9.17, 15) is 19.5 Å². The summed E-state index contributed by atoms with van der Waals surface area (Å²) in [6.07, 6.45) is 3.68. The number of hydrogen-bond donors (Lipinski definition) is 1. The van der Waals surface area contributed by atoms with E-state index in [0.29, 0.717) is 38.0 Å². The van der Waals surface area contributed by atoms with Crippen molar-refractivity contribution in [3.8, 4) is 0 Å². The number of unbranched alkanes of at least 4 members (excludes halogenated alkanes) is 2.